The monoisotopic (exact) mass is 390 g/mol. The molecule has 0 unspecified atom stereocenters. The number of amides is 1. The molecule has 4 rings (SSSR count). The van der Waals surface area contributed by atoms with E-state index in [0.717, 1.165) is 55.2 Å². The van der Waals surface area contributed by atoms with E-state index in [4.69, 9.17) is 9.72 Å². The van der Waals surface area contributed by atoms with Gasteiger partial charge in [0.1, 0.15) is 5.75 Å². The van der Waals surface area contributed by atoms with Crippen LogP contribution in [0.3, 0.4) is 0 Å². The number of benzene rings is 1. The smallest absolute Gasteiger partial charge is 0.257 e. The van der Waals surface area contributed by atoms with Crippen molar-refractivity contribution in [2.75, 3.05) is 20.2 Å². The Balaban J connectivity index is 1.39. The molecule has 3 aromatic rings. The van der Waals surface area contributed by atoms with E-state index in [-0.39, 0.29) is 5.91 Å². The fraction of sp³-hybridized carbons (Fsp3) is 0.348. The highest BCUT2D eigenvalue weighted by Gasteiger charge is 2.26. The van der Waals surface area contributed by atoms with Crippen molar-refractivity contribution in [2.24, 2.45) is 0 Å². The summed E-state index contributed by atoms with van der Waals surface area (Å²) in [5, 5.41) is 6.81. The minimum atomic E-state index is 0.0657. The predicted molar refractivity (Wildman–Crippen MR) is 111 cm³/mol. The van der Waals surface area contributed by atoms with Crippen LogP contribution < -0.4 is 4.74 Å². The minimum Gasteiger partial charge on any atom is -0.497 e. The summed E-state index contributed by atoms with van der Waals surface area (Å²) >= 11 is 0. The van der Waals surface area contributed by atoms with Gasteiger partial charge in [0.25, 0.3) is 5.91 Å². The molecule has 3 heterocycles. The Morgan fingerprint density at radius 1 is 1.17 bits per heavy atom. The van der Waals surface area contributed by atoms with Crippen LogP contribution in [0.5, 0.6) is 5.75 Å². The Hall–Kier alpha value is -3.15. The largest absolute Gasteiger partial charge is 0.497 e. The fourth-order valence-electron chi connectivity index (χ4n) is 3.89. The van der Waals surface area contributed by atoms with Gasteiger partial charge in [-0.05, 0) is 49.6 Å². The van der Waals surface area contributed by atoms with E-state index < -0.39 is 0 Å². The number of hydrogen-bond donors (Lipinski definition) is 1. The van der Waals surface area contributed by atoms with E-state index in [9.17, 15) is 4.79 Å². The predicted octanol–water partition coefficient (Wildman–Crippen LogP) is 3.73. The molecule has 1 aliphatic rings. The normalized spacial score (nSPS) is 14.8. The van der Waals surface area contributed by atoms with Crippen LogP contribution in [0.15, 0.2) is 48.7 Å². The Morgan fingerprint density at radius 3 is 2.59 bits per heavy atom. The number of nitrogens with zero attached hydrogens (tertiary/aromatic N) is 3. The van der Waals surface area contributed by atoms with Crippen molar-refractivity contribution in [3.63, 3.8) is 0 Å². The summed E-state index contributed by atoms with van der Waals surface area (Å²) in [6.45, 7) is 3.38. The summed E-state index contributed by atoms with van der Waals surface area (Å²) in [6, 6.07) is 14.4. The third-order valence-electron chi connectivity index (χ3n) is 5.63. The summed E-state index contributed by atoms with van der Waals surface area (Å²) in [6.07, 6.45) is 4.28. The number of rotatable bonds is 5. The molecule has 2 aromatic heterocycles. The molecular weight excluding hydrogens is 364 g/mol. The van der Waals surface area contributed by atoms with Crippen LogP contribution in [-0.4, -0.2) is 46.2 Å². The number of aromatic amines is 1. The van der Waals surface area contributed by atoms with Gasteiger partial charge in [-0.15, -0.1) is 0 Å². The number of carbonyl (C=O) groups excluding carboxylic acids is 1. The molecule has 1 N–H and O–H groups in total. The van der Waals surface area contributed by atoms with Crippen LogP contribution in [0.1, 0.15) is 51.8 Å². The van der Waals surface area contributed by atoms with Crippen LogP contribution in [-0.2, 0) is 6.42 Å². The van der Waals surface area contributed by atoms with Crippen LogP contribution >= 0.6 is 0 Å². The van der Waals surface area contributed by atoms with Crippen molar-refractivity contribution in [1.82, 2.24) is 20.1 Å². The van der Waals surface area contributed by atoms with Crippen LogP contribution in [0.4, 0.5) is 0 Å². The molecule has 6 nitrogen and oxygen atoms in total. The van der Waals surface area contributed by atoms with Gasteiger partial charge in [-0.3, -0.25) is 14.9 Å². The van der Waals surface area contributed by atoms with Gasteiger partial charge in [-0.1, -0.05) is 18.2 Å². The second kappa shape index (κ2) is 8.47. The van der Waals surface area contributed by atoms with E-state index in [0.29, 0.717) is 11.5 Å². The molecule has 150 valence electrons. The number of piperidine rings is 1. The zero-order valence-corrected chi connectivity index (χ0v) is 16.9. The number of likely N-dealkylation sites (tertiary alicyclic amines) is 1. The Bertz CT molecular complexity index is 973. The number of aromatic nitrogens is 3. The van der Waals surface area contributed by atoms with Gasteiger partial charge in [0.15, 0.2) is 0 Å². The fourth-order valence-corrected chi connectivity index (χ4v) is 3.89. The molecule has 0 aliphatic carbocycles. The van der Waals surface area contributed by atoms with E-state index in [2.05, 4.69) is 40.5 Å². The summed E-state index contributed by atoms with van der Waals surface area (Å²) < 4.78 is 5.22. The van der Waals surface area contributed by atoms with Crippen molar-refractivity contribution in [3.05, 3.63) is 76.9 Å². The number of H-pyrrole nitrogens is 1. The third kappa shape index (κ3) is 4.31. The highest BCUT2D eigenvalue weighted by Crippen LogP contribution is 2.28. The molecular formula is C23H26N4O2. The standard InChI is InChI=1S/C23H26N4O2/c1-16-21(15-24-26-16)23(28)27-12-10-18(11-13-27)22-5-3-4-19(25-22)14-17-6-8-20(29-2)9-7-17/h3-9,15,18H,10-14H2,1-2H3,(H,24,26). The van der Waals surface area contributed by atoms with Crippen LogP contribution in [0, 0.1) is 6.92 Å². The second-order valence-electron chi connectivity index (χ2n) is 7.55. The topological polar surface area (TPSA) is 71.1 Å². The van der Waals surface area contributed by atoms with Gasteiger partial charge in [-0.2, -0.15) is 5.10 Å². The summed E-state index contributed by atoms with van der Waals surface area (Å²) in [5.74, 6) is 1.32. The molecule has 29 heavy (non-hydrogen) atoms. The van der Waals surface area contributed by atoms with E-state index in [1.165, 1.54) is 5.56 Å². The van der Waals surface area contributed by atoms with Gasteiger partial charge in [-0.25, -0.2) is 0 Å². The number of nitrogens with one attached hydrogen (secondary N) is 1. The van der Waals surface area contributed by atoms with E-state index in [1.54, 1.807) is 13.3 Å². The highest BCUT2D eigenvalue weighted by atomic mass is 16.5. The Kier molecular flexibility index (Phi) is 5.60. The first-order valence-electron chi connectivity index (χ1n) is 10.0. The van der Waals surface area contributed by atoms with Crippen molar-refractivity contribution in [2.45, 2.75) is 32.1 Å². The number of aryl methyl sites for hydroxylation is 1. The van der Waals surface area contributed by atoms with Crippen molar-refractivity contribution in [3.8, 4) is 5.75 Å². The first kappa shape index (κ1) is 19.2. The van der Waals surface area contributed by atoms with Gasteiger partial charge in [0, 0.05) is 42.5 Å². The molecule has 1 aromatic carbocycles. The molecule has 6 heteroatoms. The maximum Gasteiger partial charge on any atom is 0.257 e. The van der Waals surface area contributed by atoms with Gasteiger partial charge in [0.2, 0.25) is 0 Å². The lowest BCUT2D eigenvalue weighted by Crippen LogP contribution is -2.38. The number of hydrogen-bond acceptors (Lipinski definition) is 4. The zero-order valence-electron chi connectivity index (χ0n) is 16.9. The second-order valence-corrected chi connectivity index (χ2v) is 7.55. The first-order chi connectivity index (χ1) is 14.1. The molecule has 1 fully saturated rings. The van der Waals surface area contributed by atoms with Crippen LogP contribution in [0.25, 0.3) is 0 Å². The molecule has 0 saturated carbocycles. The minimum absolute atomic E-state index is 0.0657. The lowest BCUT2D eigenvalue weighted by molar-refractivity contribution is 0.0711. The number of carbonyl (C=O) groups is 1. The Morgan fingerprint density at radius 2 is 1.93 bits per heavy atom. The molecule has 0 bridgehead atoms. The van der Waals surface area contributed by atoms with E-state index in [1.807, 2.05) is 24.0 Å². The van der Waals surface area contributed by atoms with Crippen molar-refractivity contribution < 1.29 is 9.53 Å². The van der Waals surface area contributed by atoms with Crippen molar-refractivity contribution in [1.29, 1.82) is 0 Å². The molecule has 0 atom stereocenters. The van der Waals surface area contributed by atoms with E-state index >= 15 is 0 Å². The lowest BCUT2D eigenvalue weighted by Gasteiger charge is -2.31. The number of ether oxygens (including phenoxy) is 1. The summed E-state index contributed by atoms with van der Waals surface area (Å²) in [5.41, 5.74) is 4.90. The van der Waals surface area contributed by atoms with Gasteiger partial charge < -0.3 is 9.64 Å². The zero-order chi connectivity index (χ0) is 20.2. The molecule has 0 radical (unpaired) electrons. The average molecular weight is 390 g/mol. The van der Waals surface area contributed by atoms with Gasteiger partial charge in [0.05, 0.1) is 18.9 Å². The van der Waals surface area contributed by atoms with Crippen LogP contribution in [0.2, 0.25) is 0 Å². The molecule has 1 amide bonds. The maximum absolute atomic E-state index is 12.7. The quantitative estimate of drug-likeness (QED) is 0.721. The number of methoxy groups -OCH3 is 1. The Labute approximate surface area is 170 Å². The average Bonchev–Trinajstić information content (AvgIpc) is 3.20. The molecule has 0 spiro atoms. The maximum atomic E-state index is 12.7. The molecule has 1 saturated heterocycles. The highest BCUT2D eigenvalue weighted by molar-refractivity contribution is 5.95. The molecule has 1 aliphatic heterocycles. The number of pyridine rings is 1. The van der Waals surface area contributed by atoms with Gasteiger partial charge >= 0.3 is 0 Å². The summed E-state index contributed by atoms with van der Waals surface area (Å²) in [7, 11) is 1.68. The summed E-state index contributed by atoms with van der Waals surface area (Å²) in [4.78, 5) is 19.5. The van der Waals surface area contributed by atoms with Crippen molar-refractivity contribution >= 4 is 5.91 Å². The lowest BCUT2D eigenvalue weighted by atomic mass is 9.92. The first-order valence-corrected chi connectivity index (χ1v) is 10.0. The SMILES string of the molecule is COc1ccc(Cc2cccc(C3CCN(C(=O)c4cn[nH]c4C)CC3)n2)cc1. The third-order valence-corrected chi connectivity index (χ3v) is 5.63.